The number of nitrogen functional groups attached to an aromatic ring is 1. The highest BCUT2D eigenvalue weighted by Crippen LogP contribution is 2.32. The van der Waals surface area contributed by atoms with Crippen LogP contribution in [0.4, 0.5) is 24.8 Å². The normalized spacial score (nSPS) is 13.2. The van der Waals surface area contributed by atoms with Gasteiger partial charge in [0.2, 0.25) is 0 Å². The number of nitrogens with zero attached hydrogens (tertiary/aromatic N) is 1. The van der Waals surface area contributed by atoms with Crippen molar-refractivity contribution >= 4 is 11.6 Å². The van der Waals surface area contributed by atoms with Crippen molar-refractivity contribution in [2.45, 2.75) is 32.0 Å². The van der Waals surface area contributed by atoms with Gasteiger partial charge in [0.15, 0.2) is 0 Å². The van der Waals surface area contributed by atoms with Crippen LogP contribution >= 0.6 is 0 Å². The molecule has 1 rings (SSSR count). The highest BCUT2D eigenvalue weighted by atomic mass is 19.4. The number of aromatic nitrogens is 1. The molecule has 8 heteroatoms. The number of hydrogen-bond acceptors (Lipinski definition) is 5. The van der Waals surface area contributed by atoms with Gasteiger partial charge in [0.25, 0.3) is 0 Å². The number of aliphatic hydroxyl groups excluding tert-OH is 1. The van der Waals surface area contributed by atoms with Crippen LogP contribution in [0.2, 0.25) is 0 Å². The zero-order chi connectivity index (χ0) is 14.5. The number of nitrogens with two attached hydrogens (primary N) is 1. The van der Waals surface area contributed by atoms with Crippen LogP contribution in [-0.2, 0) is 6.18 Å². The van der Waals surface area contributed by atoms with E-state index in [-0.39, 0.29) is 24.3 Å². The molecule has 1 unspecified atom stereocenters. The van der Waals surface area contributed by atoms with Crippen molar-refractivity contribution in [1.82, 2.24) is 4.98 Å². The maximum absolute atomic E-state index is 12.7. The number of anilines is 2. The van der Waals surface area contributed by atoms with Crippen LogP contribution in [0.25, 0.3) is 0 Å². The topological polar surface area (TPSA) is 83.2 Å². The minimum atomic E-state index is -4.47. The quantitative estimate of drug-likeness (QED) is 0.472. The second-order valence-electron chi connectivity index (χ2n) is 4.03. The van der Waals surface area contributed by atoms with E-state index in [2.05, 4.69) is 15.7 Å². The molecule has 0 aliphatic rings. The fourth-order valence-corrected chi connectivity index (χ4v) is 1.59. The summed E-state index contributed by atoms with van der Waals surface area (Å²) in [6.45, 7) is 1.81. The third-order valence-electron chi connectivity index (χ3n) is 2.62. The van der Waals surface area contributed by atoms with Gasteiger partial charge in [-0.15, -0.1) is 0 Å². The molecule has 0 radical (unpaired) electrons. The van der Waals surface area contributed by atoms with E-state index in [1.165, 1.54) is 0 Å². The minimum absolute atomic E-state index is 0.0491. The summed E-state index contributed by atoms with van der Waals surface area (Å²) >= 11 is 0. The highest BCUT2D eigenvalue weighted by Gasteiger charge is 2.31. The lowest BCUT2D eigenvalue weighted by Crippen LogP contribution is -2.22. The minimum Gasteiger partial charge on any atom is -0.396 e. The molecule has 19 heavy (non-hydrogen) atoms. The summed E-state index contributed by atoms with van der Waals surface area (Å²) in [5.41, 5.74) is 1.27. The fourth-order valence-electron chi connectivity index (χ4n) is 1.59. The van der Waals surface area contributed by atoms with Crippen LogP contribution in [0.3, 0.4) is 0 Å². The van der Waals surface area contributed by atoms with Gasteiger partial charge in [0.05, 0.1) is 5.56 Å². The molecular weight excluding hydrogens is 261 g/mol. The number of halogens is 3. The molecule has 0 aliphatic carbocycles. The highest BCUT2D eigenvalue weighted by molar-refractivity contribution is 5.49. The Bertz CT molecular complexity index is 411. The first-order valence-corrected chi connectivity index (χ1v) is 5.84. The Morgan fingerprint density at radius 1 is 1.37 bits per heavy atom. The first-order chi connectivity index (χ1) is 8.90. The van der Waals surface area contributed by atoms with Crippen molar-refractivity contribution in [3.63, 3.8) is 0 Å². The van der Waals surface area contributed by atoms with E-state index in [0.717, 1.165) is 12.1 Å². The second kappa shape index (κ2) is 6.58. The van der Waals surface area contributed by atoms with Gasteiger partial charge in [0.1, 0.15) is 11.6 Å². The van der Waals surface area contributed by atoms with E-state index in [1.54, 1.807) is 0 Å². The van der Waals surface area contributed by atoms with Gasteiger partial charge in [-0.25, -0.2) is 10.8 Å². The number of alkyl halides is 3. The smallest absolute Gasteiger partial charge is 0.396 e. The molecule has 0 saturated heterocycles. The van der Waals surface area contributed by atoms with Gasteiger partial charge >= 0.3 is 6.18 Å². The van der Waals surface area contributed by atoms with E-state index in [9.17, 15) is 13.2 Å². The number of hydrogen-bond donors (Lipinski definition) is 4. The van der Waals surface area contributed by atoms with Crippen molar-refractivity contribution in [3.8, 4) is 0 Å². The molecule has 0 spiro atoms. The molecule has 0 amide bonds. The summed E-state index contributed by atoms with van der Waals surface area (Å²) in [6.07, 6.45) is -3.38. The van der Waals surface area contributed by atoms with Crippen LogP contribution in [0.5, 0.6) is 0 Å². The molecule has 0 bridgehead atoms. The molecule has 0 saturated carbocycles. The van der Waals surface area contributed by atoms with Crippen LogP contribution in [-0.4, -0.2) is 22.7 Å². The summed E-state index contributed by atoms with van der Waals surface area (Å²) in [7, 11) is 0. The average Bonchev–Trinajstić information content (AvgIpc) is 2.36. The molecule has 108 valence electrons. The summed E-state index contributed by atoms with van der Waals surface area (Å²) in [5.74, 6) is 5.10. The summed E-state index contributed by atoms with van der Waals surface area (Å²) in [4.78, 5) is 3.91. The Kier molecular flexibility index (Phi) is 5.37. The zero-order valence-electron chi connectivity index (χ0n) is 10.5. The molecule has 1 atom stereocenters. The summed E-state index contributed by atoms with van der Waals surface area (Å²) in [6, 6.07) is 1.60. The lowest BCUT2D eigenvalue weighted by Gasteiger charge is -2.18. The Balaban J connectivity index is 3.00. The van der Waals surface area contributed by atoms with E-state index in [1.807, 2.05) is 6.92 Å². The first kappa shape index (κ1) is 15.5. The second-order valence-corrected chi connectivity index (χ2v) is 4.03. The molecule has 0 fully saturated rings. The number of rotatable bonds is 6. The van der Waals surface area contributed by atoms with E-state index < -0.39 is 11.7 Å². The van der Waals surface area contributed by atoms with Gasteiger partial charge < -0.3 is 15.8 Å². The number of pyridine rings is 1. The Labute approximate surface area is 109 Å². The first-order valence-electron chi connectivity index (χ1n) is 5.84. The molecular formula is C11H17F3N4O. The van der Waals surface area contributed by atoms with E-state index in [0.29, 0.717) is 12.8 Å². The average molecular weight is 278 g/mol. The van der Waals surface area contributed by atoms with Crippen molar-refractivity contribution in [3.05, 3.63) is 17.7 Å². The predicted molar refractivity (Wildman–Crippen MR) is 66.5 cm³/mol. The standard InChI is InChI=1S/C11H17F3N4O/c1-2-8(3-4-19)16-9-5-7(11(12,13)14)6-10(17-9)18-15/h5-6,8,19H,2-4,15H2,1H3,(H2,16,17,18). The Morgan fingerprint density at radius 3 is 2.47 bits per heavy atom. The van der Waals surface area contributed by atoms with Crippen LogP contribution in [0.1, 0.15) is 25.3 Å². The monoisotopic (exact) mass is 278 g/mol. The van der Waals surface area contributed by atoms with Gasteiger partial charge in [-0.05, 0) is 25.0 Å². The molecule has 5 nitrogen and oxygen atoms in total. The lowest BCUT2D eigenvalue weighted by atomic mass is 10.1. The molecule has 5 N–H and O–H groups in total. The van der Waals surface area contributed by atoms with Gasteiger partial charge in [-0.1, -0.05) is 6.92 Å². The van der Waals surface area contributed by atoms with E-state index in [4.69, 9.17) is 10.9 Å². The number of hydrazine groups is 1. The van der Waals surface area contributed by atoms with Gasteiger partial charge in [0, 0.05) is 12.6 Å². The molecule has 0 aliphatic heterocycles. The van der Waals surface area contributed by atoms with Crippen LogP contribution in [0, 0.1) is 0 Å². The van der Waals surface area contributed by atoms with Crippen LogP contribution in [0.15, 0.2) is 12.1 Å². The molecule has 1 aromatic rings. The van der Waals surface area contributed by atoms with Crippen LogP contribution < -0.4 is 16.6 Å². The molecule has 0 aromatic carbocycles. The Hall–Kier alpha value is -1.54. The zero-order valence-corrected chi connectivity index (χ0v) is 10.5. The third kappa shape index (κ3) is 4.56. The number of nitrogens with one attached hydrogen (secondary N) is 2. The largest absolute Gasteiger partial charge is 0.416 e. The summed E-state index contributed by atoms with van der Waals surface area (Å²) in [5, 5.41) is 11.7. The van der Waals surface area contributed by atoms with Crippen molar-refractivity contribution < 1.29 is 18.3 Å². The summed E-state index contributed by atoms with van der Waals surface area (Å²) < 4.78 is 38.1. The van der Waals surface area contributed by atoms with Gasteiger partial charge in [-0.2, -0.15) is 13.2 Å². The fraction of sp³-hybridized carbons (Fsp3) is 0.545. The SMILES string of the molecule is CCC(CCO)Nc1cc(C(F)(F)F)cc(NN)n1. The van der Waals surface area contributed by atoms with E-state index >= 15 is 0 Å². The maximum atomic E-state index is 12.7. The van der Waals surface area contributed by atoms with Crippen molar-refractivity contribution in [2.75, 3.05) is 17.3 Å². The predicted octanol–water partition coefficient (Wildman–Crippen LogP) is 1.96. The molecule has 1 aromatic heterocycles. The maximum Gasteiger partial charge on any atom is 0.416 e. The lowest BCUT2D eigenvalue weighted by molar-refractivity contribution is -0.137. The van der Waals surface area contributed by atoms with Crippen molar-refractivity contribution in [1.29, 1.82) is 0 Å². The third-order valence-corrected chi connectivity index (χ3v) is 2.62. The van der Waals surface area contributed by atoms with Crippen molar-refractivity contribution in [2.24, 2.45) is 5.84 Å². The number of aliphatic hydroxyl groups is 1. The Morgan fingerprint density at radius 2 is 2.00 bits per heavy atom. The molecule has 1 heterocycles. The van der Waals surface area contributed by atoms with Gasteiger partial charge in [-0.3, -0.25) is 0 Å².